The van der Waals surface area contributed by atoms with Crippen LogP contribution < -0.4 is 5.32 Å². The first kappa shape index (κ1) is 25.9. The Labute approximate surface area is 223 Å². The van der Waals surface area contributed by atoms with E-state index in [9.17, 15) is 24.8 Å². The highest BCUT2D eigenvalue weighted by Gasteiger charge is 2.40. The molecule has 2 fully saturated rings. The van der Waals surface area contributed by atoms with Crippen LogP contribution >= 0.6 is 0 Å². The molecule has 3 aliphatic heterocycles. The summed E-state index contributed by atoms with van der Waals surface area (Å²) in [5.74, 6) is -0.556. The Morgan fingerprint density at radius 1 is 1.03 bits per heavy atom. The van der Waals surface area contributed by atoms with Crippen molar-refractivity contribution in [2.45, 2.75) is 69.4 Å². The van der Waals surface area contributed by atoms with Gasteiger partial charge in [-0.1, -0.05) is 30.7 Å². The molecule has 8 nitrogen and oxygen atoms in total. The third-order valence-corrected chi connectivity index (χ3v) is 8.44. The summed E-state index contributed by atoms with van der Waals surface area (Å²) >= 11 is 0. The number of carbonyl (C=O) groups excluding carboxylic acids is 3. The molecule has 2 N–H and O–H groups in total. The van der Waals surface area contributed by atoms with Crippen LogP contribution in [-0.2, 0) is 28.0 Å². The lowest BCUT2D eigenvalue weighted by Gasteiger charge is -2.37. The molecule has 38 heavy (non-hydrogen) atoms. The predicted octanol–water partition coefficient (Wildman–Crippen LogP) is 3.42. The number of nitrogens with zero attached hydrogens (tertiary/aromatic N) is 3. The maximum atomic E-state index is 13.0. The number of benzene rings is 2. The van der Waals surface area contributed by atoms with Gasteiger partial charge >= 0.3 is 0 Å². The molecule has 3 aliphatic rings. The highest BCUT2D eigenvalue weighted by Crippen LogP contribution is 2.36. The number of rotatable bonds is 8. The number of fused-ring (bicyclic) bond motifs is 1. The van der Waals surface area contributed by atoms with Gasteiger partial charge in [0.05, 0.1) is 11.5 Å². The second kappa shape index (κ2) is 11.0. The maximum Gasteiger partial charge on any atom is 0.255 e. The van der Waals surface area contributed by atoms with Gasteiger partial charge in [0.25, 0.3) is 5.91 Å². The van der Waals surface area contributed by atoms with Crippen LogP contribution in [0.3, 0.4) is 0 Å². The van der Waals surface area contributed by atoms with E-state index in [0.717, 1.165) is 74.8 Å². The zero-order chi connectivity index (χ0) is 26.7. The minimum Gasteiger partial charge on any atom is -0.508 e. The molecule has 0 aliphatic carbocycles. The molecule has 8 heteroatoms. The number of phenolic OH excluding ortho intramolecular Hbond substituents is 1. The van der Waals surface area contributed by atoms with Gasteiger partial charge in [0.2, 0.25) is 11.8 Å². The summed E-state index contributed by atoms with van der Waals surface area (Å²) in [6, 6.07) is 14.8. The molecule has 1 unspecified atom stereocenters. The standard InChI is InChI=1S/C30H34N4O4/c31-20-30(22-8-10-23(35)11-9-22)14-17-33(18-15-30)16-3-1-2-5-21-6-4-7-24-25(21)19-34(29(24)38)26-12-13-27(36)32-28(26)37/h4,6-11,26,35H,1-3,5,12-19H2,(H,32,36,37). The number of imide groups is 1. The predicted molar refractivity (Wildman–Crippen MR) is 141 cm³/mol. The molecule has 5 rings (SSSR count). The molecular weight excluding hydrogens is 480 g/mol. The first-order valence-electron chi connectivity index (χ1n) is 13.6. The van der Waals surface area contributed by atoms with Gasteiger partial charge < -0.3 is 14.9 Å². The summed E-state index contributed by atoms with van der Waals surface area (Å²) in [6.07, 6.45) is 6.28. The Morgan fingerprint density at radius 3 is 2.50 bits per heavy atom. The highest BCUT2D eigenvalue weighted by molar-refractivity contribution is 6.05. The van der Waals surface area contributed by atoms with Gasteiger partial charge in [0.1, 0.15) is 11.8 Å². The fourth-order valence-electron chi connectivity index (χ4n) is 6.12. The number of aryl methyl sites for hydroxylation is 1. The molecule has 3 amide bonds. The van der Waals surface area contributed by atoms with Crippen molar-refractivity contribution in [3.8, 4) is 11.8 Å². The molecule has 2 aromatic rings. The van der Waals surface area contributed by atoms with Crippen molar-refractivity contribution in [1.29, 1.82) is 5.26 Å². The van der Waals surface area contributed by atoms with Gasteiger partial charge in [-0.05, 0) is 93.0 Å². The van der Waals surface area contributed by atoms with Crippen molar-refractivity contribution in [2.75, 3.05) is 19.6 Å². The fourth-order valence-corrected chi connectivity index (χ4v) is 6.12. The molecule has 2 aromatic carbocycles. The molecular formula is C30H34N4O4. The van der Waals surface area contributed by atoms with Crippen LogP contribution in [0, 0.1) is 11.3 Å². The smallest absolute Gasteiger partial charge is 0.255 e. The van der Waals surface area contributed by atoms with E-state index in [-0.39, 0.29) is 29.9 Å². The summed E-state index contributed by atoms with van der Waals surface area (Å²) in [5.41, 5.74) is 3.37. The van der Waals surface area contributed by atoms with Crippen LogP contribution in [0.15, 0.2) is 42.5 Å². The minimum atomic E-state index is -0.584. The molecule has 0 radical (unpaired) electrons. The van der Waals surface area contributed by atoms with E-state index in [0.29, 0.717) is 18.5 Å². The number of carbonyl (C=O) groups is 3. The second-order valence-corrected chi connectivity index (χ2v) is 10.7. The van der Waals surface area contributed by atoms with Crippen LogP contribution in [0.4, 0.5) is 0 Å². The van der Waals surface area contributed by atoms with E-state index in [2.05, 4.69) is 22.4 Å². The van der Waals surface area contributed by atoms with Crippen LogP contribution in [0.25, 0.3) is 0 Å². The molecule has 3 heterocycles. The molecule has 0 spiro atoms. The van der Waals surface area contributed by atoms with E-state index < -0.39 is 11.5 Å². The lowest BCUT2D eigenvalue weighted by Crippen LogP contribution is -2.52. The topological polar surface area (TPSA) is 114 Å². The Kier molecular flexibility index (Phi) is 7.48. The zero-order valence-corrected chi connectivity index (χ0v) is 21.6. The largest absolute Gasteiger partial charge is 0.508 e. The SMILES string of the molecule is N#CC1(c2ccc(O)cc2)CCN(CCCCCc2cccc3c2CN(C2CCC(=O)NC2=O)C3=O)CC1. The Balaban J connectivity index is 1.09. The number of nitriles is 1. The van der Waals surface area contributed by atoms with Crippen molar-refractivity contribution >= 4 is 17.7 Å². The van der Waals surface area contributed by atoms with Crippen LogP contribution in [-0.4, -0.2) is 58.3 Å². The van der Waals surface area contributed by atoms with Gasteiger partial charge in [-0.15, -0.1) is 0 Å². The fraction of sp³-hybridized carbons (Fsp3) is 0.467. The van der Waals surface area contributed by atoms with Crippen molar-refractivity contribution in [2.24, 2.45) is 0 Å². The van der Waals surface area contributed by atoms with E-state index in [1.54, 1.807) is 17.0 Å². The molecule has 1 atom stereocenters. The number of hydrogen-bond acceptors (Lipinski definition) is 6. The van der Waals surface area contributed by atoms with Crippen LogP contribution in [0.1, 0.15) is 72.0 Å². The number of nitrogens with one attached hydrogen (secondary N) is 1. The van der Waals surface area contributed by atoms with E-state index in [1.807, 2.05) is 24.3 Å². The van der Waals surface area contributed by atoms with E-state index >= 15 is 0 Å². The Hall–Kier alpha value is -3.70. The van der Waals surface area contributed by atoms with E-state index in [1.165, 1.54) is 0 Å². The number of unbranched alkanes of at least 4 members (excludes halogenated alkanes) is 2. The van der Waals surface area contributed by atoms with Gasteiger partial charge in [0.15, 0.2) is 0 Å². The van der Waals surface area contributed by atoms with Crippen molar-refractivity contribution in [3.05, 3.63) is 64.7 Å². The first-order chi connectivity index (χ1) is 18.4. The lowest BCUT2D eigenvalue weighted by molar-refractivity contribution is -0.136. The summed E-state index contributed by atoms with van der Waals surface area (Å²) in [7, 11) is 0. The summed E-state index contributed by atoms with van der Waals surface area (Å²) in [6.45, 7) is 3.20. The van der Waals surface area contributed by atoms with Gasteiger partial charge in [-0.25, -0.2) is 0 Å². The quantitative estimate of drug-likeness (QED) is 0.412. The van der Waals surface area contributed by atoms with E-state index in [4.69, 9.17) is 0 Å². The van der Waals surface area contributed by atoms with Crippen molar-refractivity contribution in [3.63, 3.8) is 0 Å². The number of likely N-dealkylation sites (tertiary alicyclic amines) is 1. The number of hydrogen-bond donors (Lipinski definition) is 2. The average molecular weight is 515 g/mol. The van der Waals surface area contributed by atoms with Gasteiger partial charge in [0, 0.05) is 18.5 Å². The monoisotopic (exact) mass is 514 g/mol. The summed E-state index contributed by atoms with van der Waals surface area (Å²) in [5, 5.41) is 21.8. The Bertz CT molecular complexity index is 1260. The van der Waals surface area contributed by atoms with Crippen LogP contribution in [0.5, 0.6) is 5.75 Å². The van der Waals surface area contributed by atoms with Crippen LogP contribution in [0.2, 0.25) is 0 Å². The van der Waals surface area contributed by atoms with Gasteiger partial charge in [-0.2, -0.15) is 5.26 Å². The minimum absolute atomic E-state index is 0.123. The number of amides is 3. The lowest BCUT2D eigenvalue weighted by atomic mass is 9.74. The molecule has 0 bridgehead atoms. The van der Waals surface area contributed by atoms with Crippen molar-refractivity contribution < 1.29 is 19.5 Å². The molecule has 0 aromatic heterocycles. The molecule has 198 valence electrons. The summed E-state index contributed by atoms with van der Waals surface area (Å²) in [4.78, 5) is 40.9. The van der Waals surface area contributed by atoms with Gasteiger partial charge in [-0.3, -0.25) is 19.7 Å². The maximum absolute atomic E-state index is 13.0. The number of piperidine rings is 2. The molecule has 2 saturated heterocycles. The van der Waals surface area contributed by atoms with Crippen molar-refractivity contribution in [1.82, 2.24) is 15.1 Å². The third kappa shape index (κ3) is 5.16. The second-order valence-electron chi connectivity index (χ2n) is 10.7. The first-order valence-corrected chi connectivity index (χ1v) is 13.6. The third-order valence-electron chi connectivity index (χ3n) is 8.44. The highest BCUT2D eigenvalue weighted by atomic mass is 16.3. The zero-order valence-electron chi connectivity index (χ0n) is 21.6. The normalized spacial score (nSPS) is 21.2. The average Bonchev–Trinajstić information content (AvgIpc) is 3.26. The summed E-state index contributed by atoms with van der Waals surface area (Å²) < 4.78 is 0. The number of aromatic hydroxyl groups is 1. The molecule has 0 saturated carbocycles. The Morgan fingerprint density at radius 2 is 1.79 bits per heavy atom. The number of phenols is 1.